The highest BCUT2D eigenvalue weighted by Gasteiger charge is 2.57. The number of nitrogens with zero attached hydrogens (tertiary/aromatic N) is 3. The molecular formula is C26H31N3O4. The highest BCUT2D eigenvalue weighted by molar-refractivity contribution is 6.07. The number of hydrogen-bond acceptors (Lipinski definition) is 5. The van der Waals surface area contributed by atoms with Crippen LogP contribution < -0.4 is 9.47 Å². The van der Waals surface area contributed by atoms with Crippen LogP contribution in [0.2, 0.25) is 0 Å². The smallest absolute Gasteiger partial charge is 0.327 e. The van der Waals surface area contributed by atoms with E-state index in [-0.39, 0.29) is 24.1 Å². The number of rotatable bonds is 5. The average molecular weight is 450 g/mol. The van der Waals surface area contributed by atoms with Gasteiger partial charge in [-0.3, -0.25) is 14.6 Å². The van der Waals surface area contributed by atoms with E-state index in [0.29, 0.717) is 26.1 Å². The topological polar surface area (TPSA) is 62.3 Å². The fourth-order valence-corrected chi connectivity index (χ4v) is 5.55. The molecule has 3 aliphatic heterocycles. The van der Waals surface area contributed by atoms with Crippen LogP contribution >= 0.6 is 0 Å². The number of carbonyl (C=O) groups excluding carboxylic acids is 2. The molecule has 1 unspecified atom stereocenters. The van der Waals surface area contributed by atoms with E-state index in [2.05, 4.69) is 4.90 Å². The van der Waals surface area contributed by atoms with Crippen LogP contribution in [0.5, 0.6) is 11.5 Å². The molecule has 0 saturated carbocycles. The fourth-order valence-electron chi connectivity index (χ4n) is 5.55. The maximum absolute atomic E-state index is 13.8. The Bertz CT molecular complexity index is 1030. The lowest BCUT2D eigenvalue weighted by molar-refractivity contribution is -0.136. The van der Waals surface area contributed by atoms with E-state index in [4.69, 9.17) is 9.47 Å². The Morgan fingerprint density at radius 2 is 1.76 bits per heavy atom. The molecule has 5 rings (SSSR count). The lowest BCUT2D eigenvalue weighted by Gasteiger charge is -2.38. The van der Waals surface area contributed by atoms with Gasteiger partial charge in [0, 0.05) is 20.1 Å². The minimum Gasteiger partial charge on any atom is -0.486 e. The SMILES string of the molecule is CCC1(c2ccccc2)C(=O)N([C@H]2CCCN(C[C@H]3COc4ccccc4O3)C2)C(=O)N1C. The van der Waals surface area contributed by atoms with Gasteiger partial charge in [-0.25, -0.2) is 4.79 Å². The van der Waals surface area contributed by atoms with Crippen molar-refractivity contribution in [2.75, 3.05) is 33.3 Å². The highest BCUT2D eigenvalue weighted by Crippen LogP contribution is 2.41. The molecule has 0 aromatic heterocycles. The second-order valence-corrected chi connectivity index (χ2v) is 9.15. The number of ether oxygens (including phenoxy) is 2. The number of fused-ring (bicyclic) bond motifs is 1. The molecule has 7 heteroatoms. The zero-order valence-corrected chi connectivity index (χ0v) is 19.3. The number of para-hydroxylation sites is 2. The average Bonchev–Trinajstić information content (AvgIpc) is 3.05. The first-order valence-electron chi connectivity index (χ1n) is 11.8. The molecule has 174 valence electrons. The van der Waals surface area contributed by atoms with E-state index >= 15 is 0 Å². The largest absolute Gasteiger partial charge is 0.486 e. The summed E-state index contributed by atoms with van der Waals surface area (Å²) in [5.74, 6) is 1.43. The highest BCUT2D eigenvalue weighted by atomic mass is 16.6. The van der Waals surface area contributed by atoms with Crippen LogP contribution in [-0.4, -0.2) is 72.1 Å². The number of likely N-dealkylation sites (N-methyl/N-ethyl adjacent to an activating group) is 1. The summed E-state index contributed by atoms with van der Waals surface area (Å²) in [5, 5.41) is 0. The number of urea groups is 1. The first-order valence-corrected chi connectivity index (χ1v) is 11.8. The third-order valence-electron chi connectivity index (χ3n) is 7.28. The third-order valence-corrected chi connectivity index (χ3v) is 7.28. The monoisotopic (exact) mass is 449 g/mol. The van der Waals surface area contributed by atoms with Gasteiger partial charge in [-0.15, -0.1) is 0 Å². The number of benzene rings is 2. The van der Waals surface area contributed by atoms with E-state index < -0.39 is 5.54 Å². The molecule has 0 radical (unpaired) electrons. The maximum Gasteiger partial charge on any atom is 0.327 e. The van der Waals surface area contributed by atoms with Gasteiger partial charge in [0.05, 0.1) is 6.04 Å². The summed E-state index contributed by atoms with van der Waals surface area (Å²) < 4.78 is 12.0. The van der Waals surface area contributed by atoms with E-state index in [1.54, 1.807) is 11.9 Å². The number of imide groups is 1. The summed E-state index contributed by atoms with van der Waals surface area (Å²) in [5.41, 5.74) is -0.0695. The lowest BCUT2D eigenvalue weighted by atomic mass is 9.85. The Balaban J connectivity index is 1.31. The van der Waals surface area contributed by atoms with E-state index in [9.17, 15) is 9.59 Å². The maximum atomic E-state index is 13.8. The van der Waals surface area contributed by atoms with Gasteiger partial charge in [0.15, 0.2) is 11.5 Å². The van der Waals surface area contributed by atoms with Crippen molar-refractivity contribution < 1.29 is 19.1 Å². The van der Waals surface area contributed by atoms with Crippen molar-refractivity contribution in [3.8, 4) is 11.5 Å². The first kappa shape index (κ1) is 21.8. The molecule has 0 aliphatic carbocycles. The first-order chi connectivity index (χ1) is 16.0. The van der Waals surface area contributed by atoms with Crippen LogP contribution in [0.1, 0.15) is 31.7 Å². The Morgan fingerprint density at radius 1 is 1.03 bits per heavy atom. The standard InChI is InChI=1S/C26H31N3O4/c1-3-26(19-10-5-4-6-11-19)24(30)29(25(31)27(26)2)20-12-9-15-28(16-20)17-21-18-32-22-13-7-8-14-23(22)33-21/h4-8,10-11,13-14,20-21H,3,9,12,15-18H2,1-2H3/t20-,21-,26?/m0/s1. The van der Waals surface area contributed by atoms with Gasteiger partial charge in [0.25, 0.3) is 5.91 Å². The minimum atomic E-state index is -0.940. The van der Waals surface area contributed by atoms with Crippen LogP contribution in [0.15, 0.2) is 54.6 Å². The summed E-state index contributed by atoms with van der Waals surface area (Å²) in [4.78, 5) is 32.6. The van der Waals surface area contributed by atoms with Crippen molar-refractivity contribution in [1.82, 2.24) is 14.7 Å². The number of amides is 3. The van der Waals surface area contributed by atoms with Gasteiger partial charge in [-0.2, -0.15) is 0 Å². The van der Waals surface area contributed by atoms with Gasteiger partial charge in [-0.1, -0.05) is 49.4 Å². The van der Waals surface area contributed by atoms with Crippen molar-refractivity contribution in [1.29, 1.82) is 0 Å². The molecule has 0 N–H and O–H groups in total. The van der Waals surface area contributed by atoms with Gasteiger partial charge < -0.3 is 14.4 Å². The zero-order valence-electron chi connectivity index (χ0n) is 19.3. The van der Waals surface area contributed by atoms with Crippen LogP contribution in [0.4, 0.5) is 4.79 Å². The molecule has 3 heterocycles. The summed E-state index contributed by atoms with van der Waals surface area (Å²) in [6.45, 7) is 4.75. The quantitative estimate of drug-likeness (QED) is 0.654. The Hall–Kier alpha value is -3.06. The second kappa shape index (κ2) is 8.71. The van der Waals surface area contributed by atoms with Gasteiger partial charge >= 0.3 is 6.03 Å². The van der Waals surface area contributed by atoms with Crippen molar-refractivity contribution >= 4 is 11.9 Å². The molecule has 2 saturated heterocycles. The van der Waals surface area contributed by atoms with Crippen LogP contribution in [-0.2, 0) is 10.3 Å². The molecule has 2 fully saturated rings. The predicted octanol–water partition coefficient (Wildman–Crippen LogP) is 3.49. The van der Waals surface area contributed by atoms with E-state index in [1.165, 1.54) is 4.90 Å². The normalized spacial score (nSPS) is 27.8. The molecule has 3 amide bonds. The molecular weight excluding hydrogens is 418 g/mol. The van der Waals surface area contributed by atoms with E-state index in [1.807, 2.05) is 61.5 Å². The second-order valence-electron chi connectivity index (χ2n) is 9.15. The summed E-state index contributed by atoms with van der Waals surface area (Å²) in [7, 11) is 1.75. The molecule has 3 aliphatic rings. The fraction of sp³-hybridized carbons (Fsp3) is 0.462. The summed E-state index contributed by atoms with van der Waals surface area (Å²) >= 11 is 0. The number of piperidine rings is 1. The predicted molar refractivity (Wildman–Crippen MR) is 124 cm³/mol. The van der Waals surface area contributed by atoms with E-state index in [0.717, 1.165) is 36.4 Å². The summed E-state index contributed by atoms with van der Waals surface area (Å²) in [6, 6.07) is 17.0. The molecule has 2 aromatic carbocycles. The molecule has 0 spiro atoms. The van der Waals surface area contributed by atoms with Crippen molar-refractivity contribution in [3.63, 3.8) is 0 Å². The van der Waals surface area contributed by atoms with Crippen LogP contribution in [0.3, 0.4) is 0 Å². The van der Waals surface area contributed by atoms with Crippen molar-refractivity contribution in [2.45, 2.75) is 43.9 Å². The lowest BCUT2D eigenvalue weighted by Crippen LogP contribution is -2.53. The number of hydrogen-bond donors (Lipinski definition) is 0. The summed E-state index contributed by atoms with van der Waals surface area (Å²) in [6.07, 6.45) is 2.21. The van der Waals surface area contributed by atoms with Crippen LogP contribution in [0, 0.1) is 0 Å². The van der Waals surface area contributed by atoms with Crippen molar-refractivity contribution in [2.24, 2.45) is 0 Å². The Morgan fingerprint density at radius 3 is 2.52 bits per heavy atom. The molecule has 2 aromatic rings. The van der Waals surface area contributed by atoms with Gasteiger partial charge in [-0.05, 0) is 43.5 Å². The van der Waals surface area contributed by atoms with Gasteiger partial charge in [0.2, 0.25) is 0 Å². The molecule has 7 nitrogen and oxygen atoms in total. The van der Waals surface area contributed by atoms with Crippen LogP contribution in [0.25, 0.3) is 0 Å². The van der Waals surface area contributed by atoms with Crippen molar-refractivity contribution in [3.05, 3.63) is 60.2 Å². The Kier molecular flexibility index (Phi) is 5.74. The number of likely N-dealkylation sites (tertiary alicyclic amines) is 1. The molecule has 3 atom stereocenters. The number of carbonyl (C=O) groups is 2. The molecule has 0 bridgehead atoms. The van der Waals surface area contributed by atoms with Gasteiger partial charge in [0.1, 0.15) is 18.2 Å². The molecule has 33 heavy (non-hydrogen) atoms. The third kappa shape index (κ3) is 3.64. The zero-order chi connectivity index (χ0) is 23.0. The minimum absolute atomic E-state index is 0.0784. The Labute approximate surface area is 194 Å².